The van der Waals surface area contributed by atoms with Crippen LogP contribution in [0.1, 0.15) is 11.4 Å². The summed E-state index contributed by atoms with van der Waals surface area (Å²) in [6, 6.07) is 14.1. The van der Waals surface area contributed by atoms with Gasteiger partial charge in [-0.2, -0.15) is 0 Å². The van der Waals surface area contributed by atoms with Crippen LogP contribution in [0.25, 0.3) is 11.0 Å². The highest BCUT2D eigenvalue weighted by Crippen LogP contribution is 2.32. The highest BCUT2D eigenvalue weighted by atomic mass is 16.7. The molecule has 4 rings (SSSR count). The normalized spacial score (nSPS) is 12.9. The Morgan fingerprint density at radius 3 is 2.95 bits per heavy atom. The van der Waals surface area contributed by atoms with E-state index in [1.165, 1.54) is 5.56 Å². The van der Waals surface area contributed by atoms with Gasteiger partial charge >= 0.3 is 0 Å². The van der Waals surface area contributed by atoms with Gasteiger partial charge in [-0.25, -0.2) is 4.98 Å². The van der Waals surface area contributed by atoms with Crippen LogP contribution in [-0.2, 0) is 13.0 Å². The molecule has 0 unspecified atom stereocenters. The minimum atomic E-state index is 0.318. The van der Waals surface area contributed by atoms with Crippen molar-refractivity contribution in [2.24, 2.45) is 0 Å². The van der Waals surface area contributed by atoms with Gasteiger partial charge in [0.05, 0.1) is 11.0 Å². The minimum absolute atomic E-state index is 0.318. The van der Waals surface area contributed by atoms with E-state index in [2.05, 4.69) is 21.4 Å². The van der Waals surface area contributed by atoms with Crippen molar-refractivity contribution in [1.29, 1.82) is 0 Å². The van der Waals surface area contributed by atoms with Gasteiger partial charge in [-0.15, -0.1) is 0 Å². The molecule has 1 aromatic heterocycles. The lowest BCUT2D eigenvalue weighted by Gasteiger charge is -2.05. The first-order valence-electron chi connectivity index (χ1n) is 7.41. The highest BCUT2D eigenvalue weighted by molar-refractivity contribution is 5.74. The molecule has 2 heterocycles. The molecule has 5 heteroatoms. The summed E-state index contributed by atoms with van der Waals surface area (Å²) in [5, 5.41) is 3.43. The summed E-state index contributed by atoms with van der Waals surface area (Å²) in [4.78, 5) is 7.91. The number of ether oxygens (including phenoxy) is 2. The molecule has 0 amide bonds. The Labute approximate surface area is 128 Å². The number of rotatable bonds is 5. The summed E-state index contributed by atoms with van der Waals surface area (Å²) in [5.41, 5.74) is 3.30. The number of para-hydroxylation sites is 2. The molecule has 0 radical (unpaired) electrons. The van der Waals surface area contributed by atoms with Crippen LogP contribution in [-0.4, -0.2) is 23.3 Å². The third-order valence-electron chi connectivity index (χ3n) is 3.74. The van der Waals surface area contributed by atoms with Crippen LogP contribution in [0.5, 0.6) is 11.5 Å². The van der Waals surface area contributed by atoms with Crippen molar-refractivity contribution in [1.82, 2.24) is 15.3 Å². The largest absolute Gasteiger partial charge is 0.454 e. The van der Waals surface area contributed by atoms with Crippen LogP contribution < -0.4 is 14.8 Å². The predicted molar refractivity (Wildman–Crippen MR) is 84.1 cm³/mol. The van der Waals surface area contributed by atoms with Crippen molar-refractivity contribution < 1.29 is 9.47 Å². The molecule has 0 aliphatic carbocycles. The lowest BCUT2D eigenvalue weighted by atomic mass is 10.2. The second-order valence-electron chi connectivity index (χ2n) is 5.32. The fraction of sp³-hybridized carbons (Fsp3) is 0.235. The Morgan fingerprint density at radius 1 is 1.09 bits per heavy atom. The van der Waals surface area contributed by atoms with Gasteiger partial charge in [-0.1, -0.05) is 18.2 Å². The van der Waals surface area contributed by atoms with Gasteiger partial charge in [0.1, 0.15) is 5.82 Å². The van der Waals surface area contributed by atoms with Gasteiger partial charge in [-0.05, 0) is 29.8 Å². The second kappa shape index (κ2) is 5.69. The third-order valence-corrected chi connectivity index (χ3v) is 3.74. The minimum Gasteiger partial charge on any atom is -0.454 e. The number of fused-ring (bicyclic) bond motifs is 2. The Bertz CT molecular complexity index is 764. The number of hydrogen-bond acceptors (Lipinski definition) is 4. The molecule has 2 aromatic carbocycles. The number of nitrogens with one attached hydrogen (secondary N) is 2. The van der Waals surface area contributed by atoms with E-state index in [0.29, 0.717) is 6.79 Å². The van der Waals surface area contributed by atoms with Crippen LogP contribution in [0.4, 0.5) is 0 Å². The molecular weight excluding hydrogens is 278 g/mol. The Hall–Kier alpha value is -2.53. The molecule has 0 saturated carbocycles. The van der Waals surface area contributed by atoms with Crippen molar-refractivity contribution in [3.63, 3.8) is 0 Å². The van der Waals surface area contributed by atoms with Crippen LogP contribution in [0, 0.1) is 0 Å². The summed E-state index contributed by atoms with van der Waals surface area (Å²) in [6.45, 7) is 1.99. The molecule has 0 spiro atoms. The molecular formula is C17H17N3O2. The van der Waals surface area contributed by atoms with E-state index in [-0.39, 0.29) is 0 Å². The average Bonchev–Trinajstić information content (AvgIpc) is 3.17. The van der Waals surface area contributed by atoms with E-state index in [1.54, 1.807) is 0 Å². The van der Waals surface area contributed by atoms with Crippen molar-refractivity contribution in [3.05, 3.63) is 53.9 Å². The molecule has 1 aliphatic rings. The number of nitrogens with zero attached hydrogens (tertiary/aromatic N) is 1. The van der Waals surface area contributed by atoms with Gasteiger partial charge in [0, 0.05) is 19.5 Å². The van der Waals surface area contributed by atoms with Crippen LogP contribution in [0.2, 0.25) is 0 Å². The Balaban J connectivity index is 1.31. The maximum Gasteiger partial charge on any atom is 0.231 e. The first kappa shape index (κ1) is 13.2. The van der Waals surface area contributed by atoms with E-state index < -0.39 is 0 Å². The van der Waals surface area contributed by atoms with Crippen LogP contribution in [0.3, 0.4) is 0 Å². The summed E-state index contributed by atoms with van der Waals surface area (Å²) in [6.07, 6.45) is 0.874. The first-order valence-corrected chi connectivity index (χ1v) is 7.41. The fourth-order valence-corrected chi connectivity index (χ4v) is 2.61. The zero-order chi connectivity index (χ0) is 14.8. The zero-order valence-corrected chi connectivity index (χ0v) is 12.1. The summed E-state index contributed by atoms with van der Waals surface area (Å²) in [5.74, 6) is 2.67. The molecule has 0 atom stereocenters. The fourth-order valence-electron chi connectivity index (χ4n) is 2.61. The SMILES string of the molecule is c1ccc2[nH]c(CCNCc3ccc4c(c3)OCO4)nc2c1. The summed E-state index contributed by atoms with van der Waals surface area (Å²) >= 11 is 0. The van der Waals surface area contributed by atoms with Crippen molar-refractivity contribution in [3.8, 4) is 11.5 Å². The van der Waals surface area contributed by atoms with Crippen molar-refractivity contribution >= 4 is 11.0 Å². The lowest BCUT2D eigenvalue weighted by Crippen LogP contribution is -2.17. The second-order valence-corrected chi connectivity index (χ2v) is 5.32. The molecule has 3 aromatic rings. The first-order chi connectivity index (χ1) is 10.9. The van der Waals surface area contributed by atoms with Gasteiger partial charge in [0.15, 0.2) is 11.5 Å². The number of benzene rings is 2. The molecule has 0 bridgehead atoms. The molecule has 112 valence electrons. The molecule has 22 heavy (non-hydrogen) atoms. The number of imidazole rings is 1. The van der Waals surface area contributed by atoms with Crippen LogP contribution in [0.15, 0.2) is 42.5 Å². The monoisotopic (exact) mass is 295 g/mol. The Morgan fingerprint density at radius 2 is 2.00 bits per heavy atom. The number of hydrogen-bond donors (Lipinski definition) is 2. The summed E-state index contributed by atoms with van der Waals surface area (Å²) < 4.78 is 10.7. The number of H-pyrrole nitrogens is 1. The topological polar surface area (TPSA) is 59.2 Å². The lowest BCUT2D eigenvalue weighted by molar-refractivity contribution is 0.174. The molecule has 2 N–H and O–H groups in total. The predicted octanol–water partition coefficient (Wildman–Crippen LogP) is 2.62. The quantitative estimate of drug-likeness (QED) is 0.710. The van der Waals surface area contributed by atoms with Gasteiger partial charge in [-0.3, -0.25) is 0 Å². The summed E-state index contributed by atoms with van der Waals surface area (Å²) in [7, 11) is 0. The molecule has 0 saturated heterocycles. The average molecular weight is 295 g/mol. The molecule has 5 nitrogen and oxygen atoms in total. The maximum atomic E-state index is 5.38. The smallest absolute Gasteiger partial charge is 0.231 e. The zero-order valence-electron chi connectivity index (χ0n) is 12.1. The number of aromatic nitrogens is 2. The van der Waals surface area contributed by atoms with Crippen molar-refractivity contribution in [2.45, 2.75) is 13.0 Å². The third kappa shape index (κ3) is 2.63. The number of aromatic amines is 1. The molecule has 1 aliphatic heterocycles. The van der Waals surface area contributed by atoms with E-state index >= 15 is 0 Å². The van der Waals surface area contributed by atoms with Crippen LogP contribution >= 0.6 is 0 Å². The van der Waals surface area contributed by atoms with E-state index in [9.17, 15) is 0 Å². The van der Waals surface area contributed by atoms with Gasteiger partial charge in [0.2, 0.25) is 6.79 Å². The van der Waals surface area contributed by atoms with Gasteiger partial charge < -0.3 is 19.8 Å². The van der Waals surface area contributed by atoms with E-state index in [4.69, 9.17) is 9.47 Å². The van der Waals surface area contributed by atoms with E-state index in [1.807, 2.05) is 36.4 Å². The highest BCUT2D eigenvalue weighted by Gasteiger charge is 2.12. The van der Waals surface area contributed by atoms with E-state index in [0.717, 1.165) is 47.9 Å². The maximum absolute atomic E-state index is 5.38. The molecule has 0 fully saturated rings. The Kier molecular flexibility index (Phi) is 3.40. The standard InChI is InChI=1S/C17H17N3O2/c1-2-4-14-13(3-1)19-17(20-14)7-8-18-10-12-5-6-15-16(9-12)22-11-21-15/h1-6,9,18H,7-8,10-11H2,(H,19,20). The van der Waals surface area contributed by atoms with Crippen molar-refractivity contribution in [2.75, 3.05) is 13.3 Å². The van der Waals surface area contributed by atoms with Gasteiger partial charge in [0.25, 0.3) is 0 Å².